The van der Waals surface area contributed by atoms with Gasteiger partial charge in [0, 0.05) is 6.07 Å². The molecule has 24 heavy (non-hydrogen) atoms. The minimum Gasteiger partial charge on any atom is -0.496 e. The van der Waals surface area contributed by atoms with Crippen LogP contribution in [0.1, 0.15) is 11.1 Å². The van der Waals surface area contributed by atoms with Gasteiger partial charge in [0.1, 0.15) is 18.1 Å². The molecule has 0 fully saturated rings. The molecule has 5 nitrogen and oxygen atoms in total. The molecule has 2 rings (SSSR count). The lowest BCUT2D eigenvalue weighted by Crippen LogP contribution is -2.15. The summed E-state index contributed by atoms with van der Waals surface area (Å²) in [5, 5.41) is 0. The molecule has 0 aromatic heterocycles. The van der Waals surface area contributed by atoms with Gasteiger partial charge in [0.25, 0.3) is 10.0 Å². The predicted molar refractivity (Wildman–Crippen MR) is 95.4 cm³/mol. The lowest BCUT2D eigenvalue weighted by Gasteiger charge is -2.14. The normalized spacial score (nSPS) is 11.0. The molecule has 0 unspecified atom stereocenters. The van der Waals surface area contributed by atoms with E-state index in [1.165, 1.54) is 0 Å². The summed E-state index contributed by atoms with van der Waals surface area (Å²) in [7, 11) is -2.15. The Labute approximate surface area is 143 Å². The van der Waals surface area contributed by atoms with Gasteiger partial charge in [-0.2, -0.15) is 0 Å². The summed E-state index contributed by atoms with van der Waals surface area (Å²) in [6, 6.07) is 9.98. The average Bonchev–Trinajstić information content (AvgIpc) is 2.55. The maximum atomic E-state index is 12.7. The van der Waals surface area contributed by atoms with Crippen LogP contribution < -0.4 is 14.2 Å². The molecule has 2 aromatic carbocycles. The van der Waals surface area contributed by atoms with Crippen LogP contribution in [0.4, 0.5) is 5.69 Å². The molecule has 0 radical (unpaired) electrons. The Morgan fingerprint density at radius 1 is 1.17 bits per heavy atom. The maximum absolute atomic E-state index is 12.7. The van der Waals surface area contributed by atoms with Crippen molar-refractivity contribution in [3.05, 3.63) is 60.2 Å². The Balaban J connectivity index is 2.32. The van der Waals surface area contributed by atoms with Gasteiger partial charge in [0.05, 0.1) is 17.7 Å². The first kappa shape index (κ1) is 17.9. The first-order valence-corrected chi connectivity index (χ1v) is 8.88. The number of hydrogen-bond donors (Lipinski definition) is 1. The van der Waals surface area contributed by atoms with E-state index in [0.717, 1.165) is 5.56 Å². The second-order valence-corrected chi connectivity index (χ2v) is 6.90. The van der Waals surface area contributed by atoms with Crippen molar-refractivity contribution < 1.29 is 17.9 Å². The molecule has 0 aliphatic heterocycles. The third-order valence-corrected chi connectivity index (χ3v) is 5.18. The first-order valence-electron chi connectivity index (χ1n) is 7.40. The third kappa shape index (κ3) is 3.89. The number of benzene rings is 2. The average molecular weight is 347 g/mol. The minimum atomic E-state index is -3.71. The number of methoxy groups -OCH3 is 1. The summed E-state index contributed by atoms with van der Waals surface area (Å²) in [4.78, 5) is 0.221. The van der Waals surface area contributed by atoms with E-state index in [4.69, 9.17) is 9.47 Å². The number of rotatable bonds is 7. The number of nitrogens with one attached hydrogen (secondary N) is 1. The largest absolute Gasteiger partial charge is 0.496 e. The summed E-state index contributed by atoms with van der Waals surface area (Å²) in [5.74, 6) is 1.23. The zero-order chi connectivity index (χ0) is 17.7. The zero-order valence-electron chi connectivity index (χ0n) is 14.0. The molecule has 0 saturated heterocycles. The molecular formula is C18H21NO4S. The van der Waals surface area contributed by atoms with Crippen molar-refractivity contribution in [2.75, 3.05) is 18.4 Å². The molecule has 0 atom stereocenters. The van der Waals surface area contributed by atoms with Gasteiger partial charge in [-0.15, -0.1) is 0 Å². The standard InChI is InChI=1S/C18H21NO4S/c1-5-11-23-16-8-6-7-15(12-16)19-24(20,21)18-10-9-17(22-4)13(2)14(18)3/h5-10,12,19H,1,11H2,2-4H3. The van der Waals surface area contributed by atoms with E-state index in [2.05, 4.69) is 11.3 Å². The van der Waals surface area contributed by atoms with E-state index in [-0.39, 0.29) is 4.90 Å². The van der Waals surface area contributed by atoms with Crippen LogP contribution in [0.25, 0.3) is 0 Å². The quantitative estimate of drug-likeness (QED) is 0.776. The summed E-state index contributed by atoms with van der Waals surface area (Å²) in [6.07, 6.45) is 1.63. The summed E-state index contributed by atoms with van der Waals surface area (Å²) < 4.78 is 38.6. The Bertz CT molecular complexity index is 844. The molecular weight excluding hydrogens is 326 g/mol. The molecule has 128 valence electrons. The highest BCUT2D eigenvalue weighted by molar-refractivity contribution is 7.92. The van der Waals surface area contributed by atoms with Crippen molar-refractivity contribution >= 4 is 15.7 Å². The van der Waals surface area contributed by atoms with E-state index < -0.39 is 10.0 Å². The lowest BCUT2D eigenvalue weighted by molar-refractivity contribution is 0.363. The Morgan fingerprint density at radius 2 is 1.92 bits per heavy atom. The van der Waals surface area contributed by atoms with Gasteiger partial charge in [0.15, 0.2) is 0 Å². The van der Waals surface area contributed by atoms with Crippen molar-refractivity contribution in [1.82, 2.24) is 0 Å². The zero-order valence-corrected chi connectivity index (χ0v) is 14.8. The van der Waals surface area contributed by atoms with Gasteiger partial charge in [-0.25, -0.2) is 8.42 Å². The lowest BCUT2D eigenvalue weighted by atomic mass is 10.1. The second kappa shape index (κ2) is 7.40. The van der Waals surface area contributed by atoms with Crippen LogP contribution >= 0.6 is 0 Å². The molecule has 0 spiro atoms. The Hall–Kier alpha value is -2.47. The molecule has 0 aliphatic carbocycles. The van der Waals surface area contributed by atoms with E-state index in [1.807, 2.05) is 6.92 Å². The molecule has 0 saturated carbocycles. The Kier molecular flexibility index (Phi) is 5.51. The molecule has 1 N–H and O–H groups in total. The minimum absolute atomic E-state index is 0.221. The van der Waals surface area contributed by atoms with Crippen LogP contribution in [-0.4, -0.2) is 22.1 Å². The van der Waals surface area contributed by atoms with Crippen molar-refractivity contribution in [2.24, 2.45) is 0 Å². The van der Waals surface area contributed by atoms with Crippen LogP contribution in [0.5, 0.6) is 11.5 Å². The fourth-order valence-electron chi connectivity index (χ4n) is 2.30. The van der Waals surface area contributed by atoms with E-state index in [9.17, 15) is 8.42 Å². The first-order chi connectivity index (χ1) is 11.4. The van der Waals surface area contributed by atoms with Gasteiger partial charge in [-0.3, -0.25) is 4.72 Å². The van der Waals surface area contributed by atoms with E-state index >= 15 is 0 Å². The molecule has 2 aromatic rings. The third-order valence-electron chi connectivity index (χ3n) is 3.65. The SMILES string of the molecule is C=CCOc1cccc(NS(=O)(=O)c2ccc(OC)c(C)c2C)c1. The van der Waals surface area contributed by atoms with Gasteiger partial charge in [0.2, 0.25) is 0 Å². The molecule has 0 bridgehead atoms. The van der Waals surface area contributed by atoms with Crippen molar-refractivity contribution in [3.8, 4) is 11.5 Å². The molecule has 0 aliphatic rings. The summed E-state index contributed by atoms with van der Waals surface area (Å²) >= 11 is 0. The van der Waals surface area contributed by atoms with E-state index in [0.29, 0.717) is 29.4 Å². The van der Waals surface area contributed by atoms with Gasteiger partial charge in [-0.05, 0) is 49.2 Å². The van der Waals surface area contributed by atoms with Crippen molar-refractivity contribution in [3.63, 3.8) is 0 Å². The van der Waals surface area contributed by atoms with Gasteiger partial charge in [-0.1, -0.05) is 18.7 Å². The predicted octanol–water partition coefficient (Wildman–Crippen LogP) is 3.68. The van der Waals surface area contributed by atoms with Gasteiger partial charge < -0.3 is 9.47 Å². The highest BCUT2D eigenvalue weighted by Gasteiger charge is 2.19. The topological polar surface area (TPSA) is 64.6 Å². The molecule has 0 amide bonds. The smallest absolute Gasteiger partial charge is 0.262 e. The fourth-order valence-corrected chi connectivity index (χ4v) is 3.65. The van der Waals surface area contributed by atoms with Crippen molar-refractivity contribution in [2.45, 2.75) is 18.7 Å². The number of sulfonamides is 1. The second-order valence-electron chi connectivity index (χ2n) is 5.25. The molecule has 6 heteroatoms. The number of anilines is 1. The summed E-state index contributed by atoms with van der Waals surface area (Å²) in [6.45, 7) is 7.53. The van der Waals surface area contributed by atoms with Crippen LogP contribution in [0, 0.1) is 13.8 Å². The van der Waals surface area contributed by atoms with E-state index in [1.54, 1.807) is 56.5 Å². The van der Waals surface area contributed by atoms with Crippen molar-refractivity contribution in [1.29, 1.82) is 0 Å². The highest BCUT2D eigenvalue weighted by Crippen LogP contribution is 2.28. The summed E-state index contributed by atoms with van der Waals surface area (Å²) in [5.41, 5.74) is 1.88. The van der Waals surface area contributed by atoms with Crippen LogP contribution in [0.3, 0.4) is 0 Å². The number of hydrogen-bond acceptors (Lipinski definition) is 4. The van der Waals surface area contributed by atoms with Crippen LogP contribution in [-0.2, 0) is 10.0 Å². The van der Waals surface area contributed by atoms with Crippen LogP contribution in [0.2, 0.25) is 0 Å². The Morgan fingerprint density at radius 3 is 2.58 bits per heavy atom. The maximum Gasteiger partial charge on any atom is 0.262 e. The molecule has 0 heterocycles. The monoisotopic (exact) mass is 347 g/mol. The fraction of sp³-hybridized carbons (Fsp3) is 0.222. The number of ether oxygens (including phenoxy) is 2. The van der Waals surface area contributed by atoms with Gasteiger partial charge >= 0.3 is 0 Å². The highest BCUT2D eigenvalue weighted by atomic mass is 32.2. The van der Waals surface area contributed by atoms with Crippen LogP contribution in [0.15, 0.2) is 53.9 Å².